The van der Waals surface area contributed by atoms with Crippen molar-refractivity contribution in [2.24, 2.45) is 0 Å². The smallest absolute Gasteiger partial charge is 0.0593 e. The zero-order valence-corrected chi connectivity index (χ0v) is 13.5. The molecule has 0 N–H and O–H groups in total. The molecule has 0 bridgehead atoms. The lowest BCUT2D eigenvalue weighted by molar-refractivity contribution is 0.0893. The Morgan fingerprint density at radius 2 is 1.75 bits per heavy atom. The molecule has 0 spiro atoms. The van der Waals surface area contributed by atoms with Gasteiger partial charge in [-0.1, -0.05) is 17.7 Å². The Morgan fingerprint density at radius 3 is 2.45 bits per heavy atom. The number of hydrogen-bond acceptors (Lipinski definition) is 4. The number of thioether (sulfide) groups is 1. The Kier molecular flexibility index (Phi) is 6.87. The number of nitrogens with zero attached hydrogens (tertiary/aromatic N) is 2. The van der Waals surface area contributed by atoms with Crippen molar-refractivity contribution >= 4 is 11.8 Å². The molecular weight excluding hydrogens is 268 g/mol. The van der Waals surface area contributed by atoms with E-state index in [1.165, 1.54) is 36.6 Å². The fraction of sp³-hybridized carbons (Fsp3) is 0.625. The van der Waals surface area contributed by atoms with Crippen LogP contribution in [0.3, 0.4) is 0 Å². The number of hydrogen-bond donors (Lipinski definition) is 0. The van der Waals surface area contributed by atoms with Gasteiger partial charge in [0.15, 0.2) is 0 Å². The highest BCUT2D eigenvalue weighted by atomic mass is 32.2. The van der Waals surface area contributed by atoms with Gasteiger partial charge in [-0.25, -0.2) is 0 Å². The number of ether oxygens (including phenoxy) is 1. The molecule has 0 atom stereocenters. The van der Waals surface area contributed by atoms with Crippen LogP contribution < -0.4 is 0 Å². The van der Waals surface area contributed by atoms with E-state index in [9.17, 15) is 0 Å². The second kappa shape index (κ2) is 8.67. The first kappa shape index (κ1) is 15.8. The topological polar surface area (TPSA) is 15.7 Å². The van der Waals surface area contributed by atoms with E-state index in [0.29, 0.717) is 0 Å². The van der Waals surface area contributed by atoms with E-state index in [-0.39, 0.29) is 0 Å². The fourth-order valence-electron chi connectivity index (χ4n) is 2.22. The molecule has 0 amide bonds. The van der Waals surface area contributed by atoms with E-state index >= 15 is 0 Å². The summed E-state index contributed by atoms with van der Waals surface area (Å²) in [5.74, 6) is 1.03. The van der Waals surface area contributed by atoms with Crippen LogP contribution in [0.1, 0.15) is 5.56 Å². The van der Waals surface area contributed by atoms with Crippen LogP contribution in [-0.4, -0.2) is 68.5 Å². The third-order valence-electron chi connectivity index (χ3n) is 3.67. The van der Waals surface area contributed by atoms with E-state index in [1.54, 1.807) is 0 Å². The molecule has 0 radical (unpaired) electrons. The molecule has 0 aliphatic carbocycles. The van der Waals surface area contributed by atoms with Crippen LogP contribution >= 0.6 is 11.8 Å². The molecule has 0 aromatic heterocycles. The van der Waals surface area contributed by atoms with Gasteiger partial charge in [0.1, 0.15) is 0 Å². The summed E-state index contributed by atoms with van der Waals surface area (Å²) in [6.07, 6.45) is 0. The van der Waals surface area contributed by atoms with Crippen LogP contribution in [0, 0.1) is 6.92 Å². The third-order valence-corrected chi connectivity index (χ3v) is 4.64. The van der Waals surface area contributed by atoms with Crippen LogP contribution in [0.25, 0.3) is 0 Å². The van der Waals surface area contributed by atoms with Crippen molar-refractivity contribution in [2.75, 3.05) is 58.7 Å². The second-order valence-corrected chi connectivity index (χ2v) is 6.59. The van der Waals surface area contributed by atoms with E-state index in [4.69, 9.17) is 4.74 Å². The molecule has 1 aliphatic heterocycles. The molecule has 4 heteroatoms. The number of piperazine rings is 1. The van der Waals surface area contributed by atoms with E-state index in [0.717, 1.165) is 25.5 Å². The average molecular weight is 294 g/mol. The minimum Gasteiger partial charge on any atom is -0.379 e. The number of likely N-dealkylation sites (N-methyl/N-ethyl adjacent to an activating group) is 1. The first-order valence-electron chi connectivity index (χ1n) is 7.42. The molecule has 0 unspecified atom stereocenters. The predicted octanol–water partition coefficient (Wildman–Crippen LogP) is 2.35. The maximum atomic E-state index is 5.73. The number of rotatable bonds is 7. The molecule has 2 rings (SSSR count). The lowest BCUT2D eigenvalue weighted by Gasteiger charge is -2.32. The van der Waals surface area contributed by atoms with E-state index < -0.39 is 0 Å². The Bertz CT molecular complexity index is 375. The lowest BCUT2D eigenvalue weighted by Crippen LogP contribution is -2.45. The lowest BCUT2D eigenvalue weighted by atomic mass is 10.2. The van der Waals surface area contributed by atoms with Crippen LogP contribution in [0.5, 0.6) is 0 Å². The SMILES string of the molecule is Cc1ccc(SCCOCCN2CCN(C)CC2)cc1. The van der Waals surface area contributed by atoms with Gasteiger partial charge < -0.3 is 9.64 Å². The Morgan fingerprint density at radius 1 is 1.05 bits per heavy atom. The van der Waals surface area contributed by atoms with Crippen molar-refractivity contribution in [2.45, 2.75) is 11.8 Å². The summed E-state index contributed by atoms with van der Waals surface area (Å²) in [7, 11) is 2.19. The summed E-state index contributed by atoms with van der Waals surface area (Å²) in [6.45, 7) is 9.62. The van der Waals surface area contributed by atoms with E-state index in [1.807, 2.05) is 11.8 Å². The van der Waals surface area contributed by atoms with E-state index in [2.05, 4.69) is 48.0 Å². The van der Waals surface area contributed by atoms with Gasteiger partial charge in [-0.05, 0) is 26.1 Å². The zero-order valence-electron chi connectivity index (χ0n) is 12.7. The zero-order chi connectivity index (χ0) is 14.2. The van der Waals surface area contributed by atoms with Crippen LogP contribution in [0.2, 0.25) is 0 Å². The van der Waals surface area contributed by atoms with Crippen molar-refractivity contribution < 1.29 is 4.74 Å². The highest BCUT2D eigenvalue weighted by molar-refractivity contribution is 7.99. The van der Waals surface area contributed by atoms with Gasteiger partial charge >= 0.3 is 0 Å². The van der Waals surface area contributed by atoms with Gasteiger partial charge in [0, 0.05) is 43.4 Å². The molecule has 20 heavy (non-hydrogen) atoms. The summed E-state index contributed by atoms with van der Waals surface area (Å²) in [5.41, 5.74) is 1.32. The summed E-state index contributed by atoms with van der Waals surface area (Å²) >= 11 is 1.87. The van der Waals surface area contributed by atoms with Crippen LogP contribution in [-0.2, 0) is 4.74 Å². The second-order valence-electron chi connectivity index (χ2n) is 5.42. The normalized spacial score (nSPS) is 17.5. The van der Waals surface area contributed by atoms with Gasteiger partial charge in [-0.3, -0.25) is 4.90 Å². The predicted molar refractivity (Wildman–Crippen MR) is 86.7 cm³/mol. The van der Waals surface area contributed by atoms with Gasteiger partial charge in [0.25, 0.3) is 0 Å². The first-order valence-corrected chi connectivity index (χ1v) is 8.41. The minimum atomic E-state index is 0.840. The summed E-state index contributed by atoms with van der Waals surface area (Å²) in [6, 6.07) is 8.70. The van der Waals surface area contributed by atoms with Gasteiger partial charge in [0.05, 0.1) is 13.2 Å². The standard InChI is InChI=1S/C16H26N2OS/c1-15-3-5-16(6-4-15)20-14-13-19-12-11-18-9-7-17(2)8-10-18/h3-6H,7-14H2,1-2H3. The van der Waals surface area contributed by atoms with Crippen molar-refractivity contribution in [3.05, 3.63) is 29.8 Å². The third kappa shape index (κ3) is 5.83. The maximum Gasteiger partial charge on any atom is 0.0593 e. The monoisotopic (exact) mass is 294 g/mol. The van der Waals surface area contributed by atoms with Crippen molar-refractivity contribution in [3.8, 4) is 0 Å². The van der Waals surface area contributed by atoms with Gasteiger partial charge in [-0.15, -0.1) is 11.8 Å². The first-order chi connectivity index (χ1) is 9.74. The molecule has 0 saturated carbocycles. The Labute approximate surface area is 127 Å². The number of aryl methyl sites for hydroxylation is 1. The largest absolute Gasteiger partial charge is 0.379 e. The molecule has 1 aromatic carbocycles. The summed E-state index contributed by atoms with van der Waals surface area (Å²) in [4.78, 5) is 6.21. The minimum absolute atomic E-state index is 0.840. The molecule has 1 fully saturated rings. The van der Waals surface area contributed by atoms with Gasteiger partial charge in [-0.2, -0.15) is 0 Å². The quantitative estimate of drug-likeness (QED) is 0.566. The summed E-state index contributed by atoms with van der Waals surface area (Å²) in [5, 5.41) is 0. The highest BCUT2D eigenvalue weighted by Gasteiger charge is 2.12. The molecule has 1 aliphatic rings. The highest BCUT2D eigenvalue weighted by Crippen LogP contribution is 2.17. The number of benzene rings is 1. The molecule has 1 aromatic rings. The molecule has 112 valence electrons. The maximum absolute atomic E-state index is 5.73. The van der Waals surface area contributed by atoms with Crippen molar-refractivity contribution in [3.63, 3.8) is 0 Å². The fourth-order valence-corrected chi connectivity index (χ4v) is 2.99. The molecule has 3 nitrogen and oxygen atoms in total. The molecule has 1 heterocycles. The molecular formula is C16H26N2OS. The summed E-state index contributed by atoms with van der Waals surface area (Å²) < 4.78 is 5.73. The van der Waals surface area contributed by atoms with Crippen molar-refractivity contribution in [1.29, 1.82) is 0 Å². The van der Waals surface area contributed by atoms with Gasteiger partial charge in [0.2, 0.25) is 0 Å². The Hall–Kier alpha value is -0.550. The van der Waals surface area contributed by atoms with Crippen LogP contribution in [0.15, 0.2) is 29.2 Å². The van der Waals surface area contributed by atoms with Crippen LogP contribution in [0.4, 0.5) is 0 Å². The van der Waals surface area contributed by atoms with Crippen molar-refractivity contribution in [1.82, 2.24) is 9.80 Å². The Balaban J connectivity index is 1.48. The average Bonchev–Trinajstić information content (AvgIpc) is 2.46. The molecule has 1 saturated heterocycles.